The molecule has 0 saturated carbocycles. The number of hydrogen-bond donors (Lipinski definition) is 2. The maximum Gasteiger partial charge on any atom is 0.251 e. The summed E-state index contributed by atoms with van der Waals surface area (Å²) in [6.45, 7) is -0.0595. The van der Waals surface area contributed by atoms with E-state index in [4.69, 9.17) is 0 Å². The summed E-state index contributed by atoms with van der Waals surface area (Å²) >= 11 is 0. The summed E-state index contributed by atoms with van der Waals surface area (Å²) in [6.07, 6.45) is 1.47. The maximum atomic E-state index is 11.0. The molecule has 1 aromatic heterocycles. The van der Waals surface area contributed by atoms with Gasteiger partial charge in [0.25, 0.3) is 5.91 Å². The molecule has 1 heterocycles. The summed E-state index contributed by atoms with van der Waals surface area (Å²) < 4.78 is 4.59. The average molecular weight is 182 g/mol. The highest BCUT2D eigenvalue weighted by Crippen LogP contribution is 2.17. The van der Waals surface area contributed by atoms with Crippen LogP contribution >= 0.6 is 0 Å². The van der Waals surface area contributed by atoms with Crippen LogP contribution < -0.4 is 5.32 Å². The molecule has 0 spiro atoms. The molecule has 0 aliphatic heterocycles. The molecule has 0 aromatic carbocycles. The summed E-state index contributed by atoms with van der Waals surface area (Å²) in [4.78, 5) is 14.7. The van der Waals surface area contributed by atoms with E-state index in [9.17, 15) is 9.90 Å². The third kappa shape index (κ3) is 2.72. The van der Waals surface area contributed by atoms with Crippen LogP contribution in [0.3, 0.4) is 0 Å². The lowest BCUT2D eigenvalue weighted by Gasteiger charge is -2.04. The number of rotatable bonds is 3. The average Bonchev–Trinajstić information content (AvgIpc) is 2.09. The highest BCUT2D eigenvalue weighted by molar-refractivity contribution is 5.91. The van der Waals surface area contributed by atoms with E-state index in [1.807, 2.05) is 0 Å². The van der Waals surface area contributed by atoms with Crippen LogP contribution in [0.5, 0.6) is 5.75 Å². The molecule has 0 fully saturated rings. The van der Waals surface area contributed by atoms with Crippen molar-refractivity contribution in [2.24, 2.45) is 0 Å². The van der Waals surface area contributed by atoms with Gasteiger partial charge in [0.05, 0.1) is 0 Å². The van der Waals surface area contributed by atoms with Crippen molar-refractivity contribution in [3.63, 3.8) is 0 Å². The molecule has 0 unspecified atom stereocenters. The van der Waals surface area contributed by atoms with Gasteiger partial charge in [-0.15, -0.1) is 0 Å². The molecule has 5 heteroatoms. The van der Waals surface area contributed by atoms with Gasteiger partial charge in [-0.2, -0.15) is 0 Å². The summed E-state index contributed by atoms with van der Waals surface area (Å²) in [7, 11) is 1.41. The number of amides is 1. The van der Waals surface area contributed by atoms with Crippen molar-refractivity contribution >= 4 is 11.7 Å². The Morgan fingerprint density at radius 1 is 1.77 bits per heavy atom. The molecule has 0 aliphatic carbocycles. The molecule has 1 amide bonds. The number of nitrogens with zero attached hydrogens (tertiary/aromatic N) is 1. The molecule has 13 heavy (non-hydrogen) atoms. The Kier molecular flexibility index (Phi) is 3.22. The fourth-order valence-electron chi connectivity index (χ4n) is 0.792. The minimum Gasteiger partial charge on any atom is -0.504 e. The molecule has 5 nitrogen and oxygen atoms in total. The van der Waals surface area contributed by atoms with E-state index in [1.54, 1.807) is 6.07 Å². The van der Waals surface area contributed by atoms with Crippen LogP contribution in [0.2, 0.25) is 0 Å². The number of aromatic nitrogens is 1. The smallest absolute Gasteiger partial charge is 0.251 e. The SMILES string of the molecule is COCC(=O)Nc1ncccc1O. The van der Waals surface area contributed by atoms with Gasteiger partial charge in [0, 0.05) is 13.3 Å². The van der Waals surface area contributed by atoms with Crippen molar-refractivity contribution in [1.29, 1.82) is 0 Å². The first-order chi connectivity index (χ1) is 6.24. The van der Waals surface area contributed by atoms with Crippen molar-refractivity contribution in [3.05, 3.63) is 18.3 Å². The Balaban J connectivity index is 2.63. The number of ether oxygens (including phenoxy) is 1. The van der Waals surface area contributed by atoms with E-state index in [2.05, 4.69) is 15.0 Å². The van der Waals surface area contributed by atoms with Gasteiger partial charge in [-0.3, -0.25) is 4.79 Å². The van der Waals surface area contributed by atoms with Gasteiger partial charge in [-0.1, -0.05) is 0 Å². The van der Waals surface area contributed by atoms with Crippen LogP contribution in [0.4, 0.5) is 5.82 Å². The first kappa shape index (κ1) is 9.47. The lowest BCUT2D eigenvalue weighted by Crippen LogP contribution is -2.17. The van der Waals surface area contributed by atoms with Crippen LogP contribution in [0, 0.1) is 0 Å². The predicted molar refractivity (Wildman–Crippen MR) is 46.4 cm³/mol. The van der Waals surface area contributed by atoms with Gasteiger partial charge in [0.2, 0.25) is 0 Å². The largest absolute Gasteiger partial charge is 0.504 e. The summed E-state index contributed by atoms with van der Waals surface area (Å²) in [5.74, 6) is -0.270. The maximum absolute atomic E-state index is 11.0. The van der Waals surface area contributed by atoms with Gasteiger partial charge in [0.15, 0.2) is 11.6 Å². The van der Waals surface area contributed by atoms with Crippen molar-refractivity contribution in [2.45, 2.75) is 0 Å². The highest BCUT2D eigenvalue weighted by Gasteiger charge is 2.05. The number of carbonyl (C=O) groups excluding carboxylic acids is 1. The van der Waals surface area contributed by atoms with Gasteiger partial charge < -0.3 is 15.2 Å². The van der Waals surface area contributed by atoms with E-state index in [0.717, 1.165) is 0 Å². The van der Waals surface area contributed by atoms with E-state index < -0.39 is 0 Å². The Labute approximate surface area is 75.4 Å². The summed E-state index contributed by atoms with van der Waals surface area (Å²) in [6, 6.07) is 3.01. The van der Waals surface area contributed by atoms with Gasteiger partial charge in [-0.25, -0.2) is 4.98 Å². The lowest BCUT2D eigenvalue weighted by molar-refractivity contribution is -0.119. The number of carbonyl (C=O) groups is 1. The number of methoxy groups -OCH3 is 1. The second-order valence-corrected chi connectivity index (χ2v) is 2.35. The molecular weight excluding hydrogens is 172 g/mol. The van der Waals surface area contributed by atoms with Crippen molar-refractivity contribution in [1.82, 2.24) is 4.98 Å². The fraction of sp³-hybridized carbons (Fsp3) is 0.250. The van der Waals surface area contributed by atoms with Crippen molar-refractivity contribution < 1.29 is 14.6 Å². The van der Waals surface area contributed by atoms with Gasteiger partial charge >= 0.3 is 0 Å². The minimum atomic E-state index is -0.350. The van der Waals surface area contributed by atoms with Crippen molar-refractivity contribution in [3.8, 4) is 5.75 Å². The standard InChI is InChI=1S/C8H10N2O3/c1-13-5-7(12)10-8-6(11)3-2-4-9-8/h2-4,11H,5H2,1H3,(H,9,10,12). The van der Waals surface area contributed by atoms with Gasteiger partial charge in [0.1, 0.15) is 6.61 Å². The number of pyridine rings is 1. The predicted octanol–water partition coefficient (Wildman–Crippen LogP) is 0.372. The number of hydrogen-bond acceptors (Lipinski definition) is 4. The minimum absolute atomic E-state index is 0.0595. The second kappa shape index (κ2) is 4.42. The molecule has 0 bridgehead atoms. The molecule has 0 radical (unpaired) electrons. The quantitative estimate of drug-likeness (QED) is 0.708. The van der Waals surface area contributed by atoms with E-state index >= 15 is 0 Å². The van der Waals surface area contributed by atoms with Crippen LogP contribution in [-0.4, -0.2) is 29.7 Å². The van der Waals surface area contributed by atoms with Crippen LogP contribution in [0.1, 0.15) is 0 Å². The molecular formula is C8H10N2O3. The fourth-order valence-corrected chi connectivity index (χ4v) is 0.792. The number of nitrogens with one attached hydrogen (secondary N) is 1. The molecule has 0 saturated heterocycles. The van der Waals surface area contributed by atoms with E-state index in [-0.39, 0.29) is 24.1 Å². The number of anilines is 1. The topological polar surface area (TPSA) is 71.5 Å². The first-order valence-electron chi connectivity index (χ1n) is 3.67. The Morgan fingerprint density at radius 3 is 3.15 bits per heavy atom. The number of aromatic hydroxyl groups is 1. The second-order valence-electron chi connectivity index (χ2n) is 2.35. The zero-order valence-corrected chi connectivity index (χ0v) is 7.15. The van der Waals surface area contributed by atoms with E-state index in [0.29, 0.717) is 0 Å². The molecule has 1 aromatic rings. The molecule has 0 aliphatic rings. The lowest BCUT2D eigenvalue weighted by atomic mass is 10.4. The Hall–Kier alpha value is -1.62. The van der Waals surface area contributed by atoms with Crippen LogP contribution in [-0.2, 0) is 9.53 Å². The van der Waals surface area contributed by atoms with Crippen LogP contribution in [0.15, 0.2) is 18.3 Å². The molecule has 70 valence electrons. The summed E-state index contributed by atoms with van der Waals surface area (Å²) in [5.41, 5.74) is 0. The summed E-state index contributed by atoms with van der Waals surface area (Å²) in [5, 5.41) is 11.6. The normalized spacial score (nSPS) is 9.62. The molecule has 2 N–H and O–H groups in total. The van der Waals surface area contributed by atoms with Crippen LogP contribution in [0.25, 0.3) is 0 Å². The first-order valence-corrected chi connectivity index (χ1v) is 3.67. The third-order valence-electron chi connectivity index (χ3n) is 1.32. The highest BCUT2D eigenvalue weighted by atomic mass is 16.5. The van der Waals surface area contributed by atoms with Gasteiger partial charge in [-0.05, 0) is 12.1 Å². The van der Waals surface area contributed by atoms with Crippen molar-refractivity contribution in [2.75, 3.05) is 19.0 Å². The zero-order chi connectivity index (χ0) is 9.68. The molecule has 0 atom stereocenters. The zero-order valence-electron chi connectivity index (χ0n) is 7.15. The third-order valence-corrected chi connectivity index (χ3v) is 1.32. The van der Waals surface area contributed by atoms with E-state index in [1.165, 1.54) is 19.4 Å². The monoisotopic (exact) mass is 182 g/mol. The Bertz CT molecular complexity index is 301. The molecule has 1 rings (SSSR count). The Morgan fingerprint density at radius 2 is 2.54 bits per heavy atom.